The summed E-state index contributed by atoms with van der Waals surface area (Å²) < 4.78 is 0. The first-order valence-corrected chi connectivity index (χ1v) is 6.50. The molecule has 0 radical (unpaired) electrons. The minimum Gasteiger partial charge on any atom is -0.314 e. The Hall–Kier alpha value is -0.930. The third-order valence-electron chi connectivity index (χ3n) is 2.44. The van der Waals surface area contributed by atoms with E-state index < -0.39 is 0 Å². The highest BCUT2D eigenvalue weighted by Crippen LogP contribution is 2.00. The van der Waals surface area contributed by atoms with Crippen molar-refractivity contribution >= 4 is 6.21 Å². The molecular weight excluding hydrogens is 210 g/mol. The molecule has 0 bridgehead atoms. The average molecular weight is 237 g/mol. The van der Waals surface area contributed by atoms with E-state index >= 15 is 0 Å². The van der Waals surface area contributed by atoms with Gasteiger partial charge in [0.2, 0.25) is 0 Å². The lowest BCUT2D eigenvalue weighted by atomic mass is 10.2. The Labute approximate surface area is 106 Å². The molecule has 1 aliphatic heterocycles. The Bertz CT molecular complexity index is 261. The predicted octanol–water partition coefficient (Wildman–Crippen LogP) is 2.47. The molecular formula is C14H27N3. The van der Waals surface area contributed by atoms with Crippen LogP contribution in [0.15, 0.2) is 28.9 Å². The fourth-order valence-corrected chi connectivity index (χ4v) is 1.53. The average Bonchev–Trinajstić information content (AvgIpc) is 2.38. The third-order valence-corrected chi connectivity index (χ3v) is 2.44. The molecule has 1 aliphatic rings. The molecule has 0 aromatic carbocycles. The lowest BCUT2D eigenvalue weighted by molar-refractivity contribution is 0.262. The first-order chi connectivity index (χ1) is 8.22. The van der Waals surface area contributed by atoms with Crippen molar-refractivity contribution in [3.63, 3.8) is 0 Å². The van der Waals surface area contributed by atoms with Crippen LogP contribution in [0.3, 0.4) is 0 Å². The van der Waals surface area contributed by atoms with Crippen LogP contribution in [0.4, 0.5) is 0 Å². The largest absolute Gasteiger partial charge is 0.314 e. The normalized spacial score (nSPS) is 17.8. The second-order valence-electron chi connectivity index (χ2n) is 3.88. The van der Waals surface area contributed by atoms with E-state index in [0.29, 0.717) is 0 Å². The van der Waals surface area contributed by atoms with E-state index in [2.05, 4.69) is 34.8 Å². The molecule has 1 rings (SSSR count). The molecule has 0 unspecified atom stereocenters. The van der Waals surface area contributed by atoms with Crippen molar-refractivity contribution in [2.24, 2.45) is 4.99 Å². The second-order valence-corrected chi connectivity index (χ2v) is 3.88. The highest BCUT2D eigenvalue weighted by atomic mass is 15.2. The summed E-state index contributed by atoms with van der Waals surface area (Å²) in [4.78, 5) is 6.67. The number of piperazine rings is 1. The van der Waals surface area contributed by atoms with Gasteiger partial charge in [-0.05, 0) is 19.4 Å². The number of nitrogens with one attached hydrogen (secondary N) is 1. The quantitative estimate of drug-likeness (QED) is 0.761. The van der Waals surface area contributed by atoms with Gasteiger partial charge in [-0.3, -0.25) is 9.89 Å². The van der Waals surface area contributed by atoms with Crippen LogP contribution in [-0.4, -0.2) is 43.8 Å². The summed E-state index contributed by atoms with van der Waals surface area (Å²) in [5, 5.41) is 3.35. The van der Waals surface area contributed by atoms with Gasteiger partial charge in [-0.25, -0.2) is 0 Å². The minimum absolute atomic E-state index is 0.856. The zero-order valence-electron chi connectivity index (χ0n) is 11.8. The fourth-order valence-electron chi connectivity index (χ4n) is 1.53. The van der Waals surface area contributed by atoms with Crippen LogP contribution in [0.25, 0.3) is 0 Å². The van der Waals surface area contributed by atoms with E-state index in [-0.39, 0.29) is 0 Å². The molecule has 0 aliphatic carbocycles. The van der Waals surface area contributed by atoms with Crippen LogP contribution in [0.5, 0.6) is 0 Å². The Morgan fingerprint density at radius 1 is 1.35 bits per heavy atom. The van der Waals surface area contributed by atoms with Gasteiger partial charge >= 0.3 is 0 Å². The van der Waals surface area contributed by atoms with Crippen LogP contribution in [0, 0.1) is 0 Å². The molecule has 0 aromatic heterocycles. The molecule has 0 atom stereocenters. The molecule has 1 fully saturated rings. The number of rotatable bonds is 4. The zero-order valence-corrected chi connectivity index (χ0v) is 11.8. The number of hydrogen-bond acceptors (Lipinski definition) is 3. The molecule has 3 nitrogen and oxygen atoms in total. The minimum atomic E-state index is 0.856. The number of nitrogens with zero attached hydrogens (tertiary/aromatic N) is 2. The van der Waals surface area contributed by atoms with Gasteiger partial charge in [-0.15, -0.1) is 0 Å². The third kappa shape index (κ3) is 7.88. The van der Waals surface area contributed by atoms with Gasteiger partial charge in [0.15, 0.2) is 0 Å². The smallest absolute Gasteiger partial charge is 0.0312 e. The molecule has 0 aromatic rings. The van der Waals surface area contributed by atoms with Crippen molar-refractivity contribution in [2.45, 2.75) is 27.7 Å². The Morgan fingerprint density at radius 2 is 1.94 bits per heavy atom. The maximum atomic E-state index is 4.23. The van der Waals surface area contributed by atoms with Crippen molar-refractivity contribution in [2.75, 3.05) is 32.7 Å². The first-order valence-electron chi connectivity index (χ1n) is 6.50. The summed E-state index contributed by atoms with van der Waals surface area (Å²) in [6, 6.07) is 0. The molecule has 98 valence electrons. The molecule has 0 saturated carbocycles. The summed E-state index contributed by atoms with van der Waals surface area (Å²) in [5.74, 6) is 0. The van der Waals surface area contributed by atoms with Gasteiger partial charge in [-0.2, -0.15) is 0 Å². The van der Waals surface area contributed by atoms with E-state index in [1.54, 1.807) is 0 Å². The topological polar surface area (TPSA) is 27.6 Å². The monoisotopic (exact) mass is 237 g/mol. The van der Waals surface area contributed by atoms with Crippen LogP contribution >= 0.6 is 0 Å². The lowest BCUT2D eigenvalue weighted by Gasteiger charge is -2.27. The van der Waals surface area contributed by atoms with Crippen LogP contribution in [0.2, 0.25) is 0 Å². The molecule has 17 heavy (non-hydrogen) atoms. The Balaban J connectivity index is 0.00000121. The van der Waals surface area contributed by atoms with Gasteiger partial charge in [0.25, 0.3) is 0 Å². The van der Waals surface area contributed by atoms with Crippen molar-refractivity contribution in [1.29, 1.82) is 0 Å². The number of aliphatic imine (C=N–C) groups is 1. The standard InChI is InChI=1S/C12H21N3.C2H6/c1-4-12(9-14-11(2)3)10-15-7-5-13-6-8-15;1-2/h4,9,13H,2,5-8,10H2,1,3H3;1-2H3/b12-4+,14-9?;. The molecule has 1 N–H and O–H groups in total. The van der Waals surface area contributed by atoms with E-state index in [4.69, 9.17) is 0 Å². The Kier molecular flexibility index (Phi) is 9.68. The van der Waals surface area contributed by atoms with Crippen molar-refractivity contribution in [3.05, 3.63) is 23.9 Å². The summed E-state index contributed by atoms with van der Waals surface area (Å²) in [6.07, 6.45) is 4.04. The summed E-state index contributed by atoms with van der Waals surface area (Å²) in [6.45, 7) is 17.2. The van der Waals surface area contributed by atoms with Crippen LogP contribution in [0.1, 0.15) is 27.7 Å². The lowest BCUT2D eigenvalue weighted by Crippen LogP contribution is -2.44. The highest BCUT2D eigenvalue weighted by Gasteiger charge is 2.09. The van der Waals surface area contributed by atoms with E-state index in [1.807, 2.05) is 27.0 Å². The van der Waals surface area contributed by atoms with E-state index in [9.17, 15) is 0 Å². The number of hydrogen-bond donors (Lipinski definition) is 1. The molecule has 0 spiro atoms. The van der Waals surface area contributed by atoms with Gasteiger partial charge in [0.1, 0.15) is 0 Å². The van der Waals surface area contributed by atoms with Crippen molar-refractivity contribution in [3.8, 4) is 0 Å². The van der Waals surface area contributed by atoms with Crippen LogP contribution < -0.4 is 5.32 Å². The molecule has 1 saturated heterocycles. The number of allylic oxidation sites excluding steroid dienone is 2. The van der Waals surface area contributed by atoms with E-state index in [0.717, 1.165) is 38.4 Å². The summed E-state index contributed by atoms with van der Waals surface area (Å²) >= 11 is 0. The van der Waals surface area contributed by atoms with Crippen molar-refractivity contribution < 1.29 is 0 Å². The second kappa shape index (κ2) is 10.2. The molecule has 1 heterocycles. The summed E-state index contributed by atoms with van der Waals surface area (Å²) in [7, 11) is 0. The van der Waals surface area contributed by atoms with Crippen LogP contribution in [-0.2, 0) is 0 Å². The molecule has 3 heteroatoms. The Morgan fingerprint density at radius 3 is 2.41 bits per heavy atom. The zero-order chi connectivity index (χ0) is 13.1. The maximum absolute atomic E-state index is 4.23. The van der Waals surface area contributed by atoms with Gasteiger partial charge in [-0.1, -0.05) is 26.5 Å². The first kappa shape index (κ1) is 16.1. The van der Waals surface area contributed by atoms with Gasteiger partial charge < -0.3 is 5.32 Å². The van der Waals surface area contributed by atoms with E-state index in [1.165, 1.54) is 5.57 Å². The predicted molar refractivity (Wildman–Crippen MR) is 77.7 cm³/mol. The summed E-state index contributed by atoms with van der Waals surface area (Å²) in [5.41, 5.74) is 2.12. The SMILES string of the molecule is C=C(C)N=C/C(=C\C)CN1CCNCC1.CC. The highest BCUT2D eigenvalue weighted by molar-refractivity contribution is 5.79. The van der Waals surface area contributed by atoms with Crippen molar-refractivity contribution in [1.82, 2.24) is 10.2 Å². The fraction of sp³-hybridized carbons (Fsp3) is 0.643. The maximum Gasteiger partial charge on any atom is 0.0312 e. The molecule has 0 amide bonds. The van der Waals surface area contributed by atoms with Gasteiger partial charge in [0, 0.05) is 44.6 Å². The van der Waals surface area contributed by atoms with Gasteiger partial charge in [0.05, 0.1) is 0 Å².